The highest BCUT2D eigenvalue weighted by molar-refractivity contribution is 7.14. The predicted molar refractivity (Wildman–Crippen MR) is 78.0 cm³/mol. The maximum atomic E-state index is 11.3. The molecule has 6 nitrogen and oxygen atoms in total. The molecule has 2 aromatic heterocycles. The van der Waals surface area contributed by atoms with E-state index in [1.165, 1.54) is 11.3 Å². The number of nitrogens with zero attached hydrogens (tertiary/aromatic N) is 2. The summed E-state index contributed by atoms with van der Waals surface area (Å²) in [4.78, 5) is 16.6. The average molecular weight is 310 g/mol. The number of carboxylic acid groups (broad SMARTS) is 1. The van der Waals surface area contributed by atoms with Crippen LogP contribution >= 0.6 is 11.3 Å². The molecule has 2 heterocycles. The molecule has 0 spiro atoms. The predicted octanol–water partition coefficient (Wildman–Crippen LogP) is 3.27. The van der Waals surface area contributed by atoms with Crippen molar-refractivity contribution in [2.24, 2.45) is 0 Å². The standard InChI is InChI=1S/C14H18N2O4S/c1-5-10-15-11(20-16-10)7-19-8-6-9(14(2,3)4)21-12(8)13(17)18/h6H,5,7H2,1-4H3,(H,17,18). The van der Waals surface area contributed by atoms with Gasteiger partial charge in [0.25, 0.3) is 5.89 Å². The highest BCUT2D eigenvalue weighted by atomic mass is 32.1. The maximum Gasteiger partial charge on any atom is 0.349 e. The van der Waals surface area contributed by atoms with Crippen molar-refractivity contribution in [2.75, 3.05) is 0 Å². The molecule has 0 fully saturated rings. The second-order valence-electron chi connectivity index (χ2n) is 5.61. The molecule has 0 atom stereocenters. The number of hydrogen-bond acceptors (Lipinski definition) is 6. The van der Waals surface area contributed by atoms with Gasteiger partial charge in [-0.15, -0.1) is 11.3 Å². The van der Waals surface area contributed by atoms with Gasteiger partial charge in [0, 0.05) is 11.3 Å². The Kier molecular flexibility index (Phi) is 4.32. The Balaban J connectivity index is 2.18. The molecule has 0 radical (unpaired) electrons. The van der Waals surface area contributed by atoms with Gasteiger partial charge in [0.05, 0.1) is 0 Å². The van der Waals surface area contributed by atoms with E-state index >= 15 is 0 Å². The van der Waals surface area contributed by atoms with Gasteiger partial charge >= 0.3 is 5.97 Å². The Hall–Kier alpha value is -1.89. The van der Waals surface area contributed by atoms with E-state index in [-0.39, 0.29) is 16.9 Å². The Labute approximate surface area is 126 Å². The van der Waals surface area contributed by atoms with Crippen molar-refractivity contribution in [2.45, 2.75) is 46.1 Å². The summed E-state index contributed by atoms with van der Waals surface area (Å²) in [6.07, 6.45) is 0.677. The first kappa shape index (κ1) is 15.5. The van der Waals surface area contributed by atoms with Crippen molar-refractivity contribution >= 4 is 17.3 Å². The van der Waals surface area contributed by atoms with Crippen LogP contribution in [0.3, 0.4) is 0 Å². The van der Waals surface area contributed by atoms with Crippen LogP contribution in [-0.4, -0.2) is 21.2 Å². The van der Waals surface area contributed by atoms with Gasteiger partial charge in [-0.2, -0.15) is 4.98 Å². The number of carbonyl (C=O) groups is 1. The van der Waals surface area contributed by atoms with Crippen LogP contribution in [0.25, 0.3) is 0 Å². The van der Waals surface area contributed by atoms with Crippen LogP contribution in [0.15, 0.2) is 10.6 Å². The fraction of sp³-hybridized carbons (Fsp3) is 0.500. The summed E-state index contributed by atoms with van der Waals surface area (Å²) in [6, 6.07) is 1.77. The van der Waals surface area contributed by atoms with Gasteiger partial charge < -0.3 is 14.4 Å². The smallest absolute Gasteiger partial charge is 0.349 e. The van der Waals surface area contributed by atoms with Crippen molar-refractivity contribution < 1.29 is 19.2 Å². The van der Waals surface area contributed by atoms with Gasteiger partial charge in [0.2, 0.25) is 0 Å². The molecular weight excluding hydrogens is 292 g/mol. The molecule has 114 valence electrons. The quantitative estimate of drug-likeness (QED) is 0.912. The third-order valence-corrected chi connectivity index (χ3v) is 4.34. The molecule has 2 rings (SSSR count). The molecule has 0 bridgehead atoms. The van der Waals surface area contributed by atoms with E-state index in [4.69, 9.17) is 9.26 Å². The normalized spacial score (nSPS) is 11.6. The first-order valence-corrected chi connectivity index (χ1v) is 7.44. The molecule has 0 aliphatic carbocycles. The lowest BCUT2D eigenvalue weighted by Gasteiger charge is -2.14. The highest BCUT2D eigenvalue weighted by Gasteiger charge is 2.24. The van der Waals surface area contributed by atoms with E-state index in [2.05, 4.69) is 10.1 Å². The molecular formula is C14H18N2O4S. The number of aromatic carboxylic acids is 1. The summed E-state index contributed by atoms with van der Waals surface area (Å²) < 4.78 is 10.6. The number of aryl methyl sites for hydroxylation is 1. The average Bonchev–Trinajstić information content (AvgIpc) is 3.02. The van der Waals surface area contributed by atoms with Crippen LogP contribution in [0.4, 0.5) is 0 Å². The van der Waals surface area contributed by atoms with Crippen LogP contribution in [0.5, 0.6) is 5.75 Å². The van der Waals surface area contributed by atoms with E-state index in [1.54, 1.807) is 6.07 Å². The third kappa shape index (κ3) is 3.60. The minimum absolute atomic E-state index is 0.0631. The fourth-order valence-electron chi connectivity index (χ4n) is 1.63. The molecule has 0 aliphatic heterocycles. The van der Waals surface area contributed by atoms with Crippen molar-refractivity contribution in [3.8, 4) is 5.75 Å². The summed E-state index contributed by atoms with van der Waals surface area (Å²) in [5, 5.41) is 13.0. The molecule has 0 aliphatic rings. The Morgan fingerprint density at radius 1 is 1.48 bits per heavy atom. The zero-order chi connectivity index (χ0) is 15.6. The molecule has 0 saturated heterocycles. The van der Waals surface area contributed by atoms with E-state index in [0.717, 1.165) is 4.88 Å². The number of rotatable bonds is 5. The van der Waals surface area contributed by atoms with Crippen LogP contribution in [-0.2, 0) is 18.4 Å². The second kappa shape index (κ2) is 5.85. The largest absolute Gasteiger partial charge is 0.482 e. The lowest BCUT2D eigenvalue weighted by Crippen LogP contribution is -2.08. The van der Waals surface area contributed by atoms with Crippen LogP contribution in [0, 0.1) is 0 Å². The summed E-state index contributed by atoms with van der Waals surface area (Å²) in [5.41, 5.74) is -0.129. The molecule has 0 amide bonds. The summed E-state index contributed by atoms with van der Waals surface area (Å²) in [7, 11) is 0. The molecule has 0 aromatic carbocycles. The third-order valence-electron chi connectivity index (χ3n) is 2.81. The Morgan fingerprint density at radius 3 is 2.71 bits per heavy atom. The van der Waals surface area contributed by atoms with Crippen LogP contribution in [0.1, 0.15) is 54.0 Å². The zero-order valence-electron chi connectivity index (χ0n) is 12.5. The van der Waals surface area contributed by atoms with Gasteiger partial charge in [-0.1, -0.05) is 32.9 Å². The monoisotopic (exact) mass is 310 g/mol. The van der Waals surface area contributed by atoms with Crippen molar-refractivity contribution in [1.82, 2.24) is 10.1 Å². The van der Waals surface area contributed by atoms with Gasteiger partial charge in [0.15, 0.2) is 17.3 Å². The molecule has 21 heavy (non-hydrogen) atoms. The number of ether oxygens (including phenoxy) is 1. The topological polar surface area (TPSA) is 85.5 Å². The lowest BCUT2D eigenvalue weighted by atomic mass is 9.95. The number of thiophene rings is 1. The van der Waals surface area contributed by atoms with E-state index in [9.17, 15) is 9.90 Å². The minimum Gasteiger partial charge on any atom is -0.482 e. The molecule has 0 unspecified atom stereocenters. The molecule has 2 aromatic rings. The summed E-state index contributed by atoms with van der Waals surface area (Å²) in [5.74, 6) is 0.290. The molecule has 7 heteroatoms. The summed E-state index contributed by atoms with van der Waals surface area (Å²) in [6.45, 7) is 8.07. The van der Waals surface area contributed by atoms with Crippen molar-refractivity contribution in [3.63, 3.8) is 0 Å². The first-order chi connectivity index (χ1) is 9.81. The lowest BCUT2D eigenvalue weighted by molar-refractivity contribution is 0.0697. The Bertz CT molecular complexity index is 640. The fourth-order valence-corrected chi connectivity index (χ4v) is 2.63. The van der Waals surface area contributed by atoms with Gasteiger partial charge in [-0.05, 0) is 11.5 Å². The zero-order valence-corrected chi connectivity index (χ0v) is 13.3. The van der Waals surface area contributed by atoms with Gasteiger partial charge in [-0.25, -0.2) is 4.79 Å². The van der Waals surface area contributed by atoms with Crippen LogP contribution in [0.2, 0.25) is 0 Å². The molecule has 1 N–H and O–H groups in total. The number of carboxylic acids is 1. The number of aromatic nitrogens is 2. The Morgan fingerprint density at radius 2 is 2.19 bits per heavy atom. The first-order valence-electron chi connectivity index (χ1n) is 6.63. The van der Waals surface area contributed by atoms with Crippen molar-refractivity contribution in [3.05, 3.63) is 27.5 Å². The van der Waals surface area contributed by atoms with E-state index in [0.29, 0.717) is 23.9 Å². The van der Waals surface area contributed by atoms with E-state index < -0.39 is 5.97 Å². The van der Waals surface area contributed by atoms with Gasteiger partial charge in [-0.3, -0.25) is 0 Å². The van der Waals surface area contributed by atoms with Crippen LogP contribution < -0.4 is 4.74 Å². The van der Waals surface area contributed by atoms with Gasteiger partial charge in [0.1, 0.15) is 5.75 Å². The maximum absolute atomic E-state index is 11.3. The number of hydrogen-bond donors (Lipinski definition) is 1. The SMILES string of the molecule is CCc1noc(COc2cc(C(C)(C)C)sc2C(=O)O)n1. The molecule has 0 saturated carbocycles. The van der Waals surface area contributed by atoms with E-state index in [1.807, 2.05) is 27.7 Å². The van der Waals surface area contributed by atoms with Crippen molar-refractivity contribution in [1.29, 1.82) is 0 Å². The summed E-state index contributed by atoms with van der Waals surface area (Å²) >= 11 is 1.23. The minimum atomic E-state index is -0.995. The highest BCUT2D eigenvalue weighted by Crippen LogP contribution is 2.37. The second-order valence-corrected chi connectivity index (χ2v) is 6.66.